The number of fused-ring (bicyclic) bond motifs is 1. The summed E-state index contributed by atoms with van der Waals surface area (Å²) >= 11 is 0. The number of nitrogens with one attached hydrogen (secondary N) is 1. The summed E-state index contributed by atoms with van der Waals surface area (Å²) in [6, 6.07) is 1.36. The van der Waals surface area contributed by atoms with Gasteiger partial charge in [0.1, 0.15) is 0 Å². The average molecular weight is 251 g/mol. The quantitative estimate of drug-likeness (QED) is 0.769. The maximum absolute atomic E-state index is 12.2. The molecule has 0 aromatic heterocycles. The molecule has 3 fully saturated rings. The predicted molar refractivity (Wildman–Crippen MR) is 71.5 cm³/mol. The van der Waals surface area contributed by atoms with E-state index in [0.717, 1.165) is 19.5 Å². The minimum absolute atomic E-state index is 0.186. The molecule has 2 atom stereocenters. The van der Waals surface area contributed by atoms with Gasteiger partial charge in [-0.25, -0.2) is 4.79 Å². The van der Waals surface area contributed by atoms with E-state index in [-0.39, 0.29) is 6.03 Å². The van der Waals surface area contributed by atoms with E-state index in [1.807, 2.05) is 0 Å². The molecule has 0 spiro atoms. The van der Waals surface area contributed by atoms with E-state index >= 15 is 0 Å². The molecule has 2 amide bonds. The van der Waals surface area contributed by atoms with Gasteiger partial charge in [0.05, 0.1) is 0 Å². The van der Waals surface area contributed by atoms with Gasteiger partial charge < -0.3 is 15.1 Å². The van der Waals surface area contributed by atoms with Crippen LogP contribution in [0.25, 0.3) is 0 Å². The summed E-state index contributed by atoms with van der Waals surface area (Å²) in [4.78, 5) is 16.7. The SMILES string of the molecule is CN1CCCC2CN(C(=O)NC3CCC3)CCC21. The van der Waals surface area contributed by atoms with Crippen LogP contribution >= 0.6 is 0 Å². The molecule has 4 heteroatoms. The van der Waals surface area contributed by atoms with Crippen molar-refractivity contribution >= 4 is 6.03 Å². The second-order valence-electron chi connectivity index (χ2n) is 6.26. The number of carbonyl (C=O) groups is 1. The highest BCUT2D eigenvalue weighted by Crippen LogP contribution is 2.29. The van der Waals surface area contributed by atoms with Crippen molar-refractivity contribution in [1.29, 1.82) is 0 Å². The summed E-state index contributed by atoms with van der Waals surface area (Å²) in [6.45, 7) is 3.13. The van der Waals surface area contributed by atoms with E-state index in [1.54, 1.807) is 0 Å². The Morgan fingerprint density at radius 2 is 1.94 bits per heavy atom. The van der Waals surface area contributed by atoms with Crippen LogP contribution < -0.4 is 5.32 Å². The summed E-state index contributed by atoms with van der Waals surface area (Å²) in [5.74, 6) is 0.699. The van der Waals surface area contributed by atoms with Gasteiger partial charge in [-0.15, -0.1) is 0 Å². The molecule has 4 nitrogen and oxygen atoms in total. The molecule has 2 unspecified atom stereocenters. The number of amides is 2. The maximum Gasteiger partial charge on any atom is 0.317 e. The molecule has 0 aromatic carbocycles. The fourth-order valence-corrected chi connectivity index (χ4v) is 3.66. The highest BCUT2D eigenvalue weighted by Gasteiger charge is 2.36. The van der Waals surface area contributed by atoms with Crippen molar-refractivity contribution in [2.45, 2.75) is 50.6 Å². The molecule has 1 aliphatic carbocycles. The Morgan fingerprint density at radius 1 is 1.11 bits per heavy atom. The van der Waals surface area contributed by atoms with Gasteiger partial charge in [-0.3, -0.25) is 0 Å². The Labute approximate surface area is 110 Å². The van der Waals surface area contributed by atoms with E-state index in [9.17, 15) is 4.79 Å². The zero-order valence-corrected chi connectivity index (χ0v) is 11.4. The third-order valence-corrected chi connectivity index (χ3v) is 5.07. The first kappa shape index (κ1) is 12.3. The van der Waals surface area contributed by atoms with Gasteiger partial charge in [0.25, 0.3) is 0 Å². The van der Waals surface area contributed by atoms with E-state index in [2.05, 4.69) is 22.2 Å². The van der Waals surface area contributed by atoms with Crippen LogP contribution in [0.1, 0.15) is 38.5 Å². The fourth-order valence-electron chi connectivity index (χ4n) is 3.66. The summed E-state index contributed by atoms with van der Waals surface area (Å²) in [5, 5.41) is 3.17. The van der Waals surface area contributed by atoms with Crippen molar-refractivity contribution in [3.8, 4) is 0 Å². The lowest BCUT2D eigenvalue weighted by molar-refractivity contribution is 0.0504. The van der Waals surface area contributed by atoms with Crippen LogP contribution in [0, 0.1) is 5.92 Å². The Bertz CT molecular complexity index is 316. The van der Waals surface area contributed by atoms with Crippen LogP contribution in [0.15, 0.2) is 0 Å². The monoisotopic (exact) mass is 251 g/mol. The van der Waals surface area contributed by atoms with Crippen molar-refractivity contribution in [2.75, 3.05) is 26.7 Å². The molecular weight excluding hydrogens is 226 g/mol. The van der Waals surface area contributed by atoms with Gasteiger partial charge in [-0.05, 0) is 58.0 Å². The second kappa shape index (κ2) is 5.08. The molecule has 0 radical (unpaired) electrons. The molecule has 1 N–H and O–H groups in total. The first-order valence-corrected chi connectivity index (χ1v) is 7.50. The molecular formula is C14H25N3O. The molecule has 102 valence electrons. The zero-order valence-electron chi connectivity index (χ0n) is 11.4. The minimum Gasteiger partial charge on any atom is -0.335 e. The molecule has 3 rings (SSSR count). The Balaban J connectivity index is 1.54. The number of likely N-dealkylation sites (tertiary alicyclic amines) is 2. The first-order valence-electron chi connectivity index (χ1n) is 7.50. The van der Waals surface area contributed by atoms with Crippen LogP contribution in [0.5, 0.6) is 0 Å². The van der Waals surface area contributed by atoms with Crippen molar-refractivity contribution in [1.82, 2.24) is 15.1 Å². The average Bonchev–Trinajstić information content (AvgIpc) is 2.33. The highest BCUT2D eigenvalue weighted by atomic mass is 16.2. The first-order chi connectivity index (χ1) is 8.74. The third kappa shape index (κ3) is 2.35. The van der Waals surface area contributed by atoms with Gasteiger partial charge >= 0.3 is 6.03 Å². The smallest absolute Gasteiger partial charge is 0.317 e. The van der Waals surface area contributed by atoms with Gasteiger partial charge in [0, 0.05) is 25.2 Å². The summed E-state index contributed by atoms with van der Waals surface area (Å²) in [5.41, 5.74) is 0. The number of piperidine rings is 2. The van der Waals surface area contributed by atoms with Gasteiger partial charge in [-0.2, -0.15) is 0 Å². The molecule has 2 saturated heterocycles. The molecule has 18 heavy (non-hydrogen) atoms. The number of hydrogen-bond acceptors (Lipinski definition) is 2. The lowest BCUT2D eigenvalue weighted by Crippen LogP contribution is -2.57. The number of nitrogens with zero attached hydrogens (tertiary/aromatic N) is 2. The third-order valence-electron chi connectivity index (χ3n) is 5.07. The van der Waals surface area contributed by atoms with Crippen LogP contribution in [0.2, 0.25) is 0 Å². The van der Waals surface area contributed by atoms with E-state index in [0.29, 0.717) is 18.0 Å². The van der Waals surface area contributed by atoms with Crippen LogP contribution in [0.4, 0.5) is 4.79 Å². The van der Waals surface area contributed by atoms with E-state index in [4.69, 9.17) is 0 Å². The highest BCUT2D eigenvalue weighted by molar-refractivity contribution is 5.74. The fraction of sp³-hybridized carbons (Fsp3) is 0.929. The van der Waals surface area contributed by atoms with E-state index in [1.165, 1.54) is 38.6 Å². The zero-order chi connectivity index (χ0) is 12.5. The van der Waals surface area contributed by atoms with Gasteiger partial charge in [0.15, 0.2) is 0 Å². The normalized spacial score (nSPS) is 33.7. The Hall–Kier alpha value is -0.770. The molecule has 0 bridgehead atoms. The van der Waals surface area contributed by atoms with Crippen LogP contribution in [-0.4, -0.2) is 54.6 Å². The van der Waals surface area contributed by atoms with Crippen LogP contribution in [0.3, 0.4) is 0 Å². The number of carbonyl (C=O) groups excluding carboxylic acids is 1. The second-order valence-corrected chi connectivity index (χ2v) is 6.26. The topological polar surface area (TPSA) is 35.6 Å². The van der Waals surface area contributed by atoms with Crippen LogP contribution in [-0.2, 0) is 0 Å². The lowest BCUT2D eigenvalue weighted by Gasteiger charge is -2.46. The summed E-state index contributed by atoms with van der Waals surface area (Å²) < 4.78 is 0. The number of hydrogen-bond donors (Lipinski definition) is 1. The van der Waals surface area contributed by atoms with Crippen molar-refractivity contribution in [3.05, 3.63) is 0 Å². The van der Waals surface area contributed by atoms with Crippen molar-refractivity contribution in [2.24, 2.45) is 5.92 Å². The maximum atomic E-state index is 12.2. The minimum atomic E-state index is 0.186. The molecule has 2 aliphatic heterocycles. The largest absolute Gasteiger partial charge is 0.335 e. The van der Waals surface area contributed by atoms with Gasteiger partial charge in [0.2, 0.25) is 0 Å². The molecule has 3 aliphatic rings. The number of urea groups is 1. The summed E-state index contributed by atoms with van der Waals surface area (Å²) in [7, 11) is 2.24. The van der Waals surface area contributed by atoms with Gasteiger partial charge in [-0.1, -0.05) is 0 Å². The molecule has 0 aromatic rings. The predicted octanol–water partition coefficient (Wildman–Crippen LogP) is 1.66. The molecule has 1 saturated carbocycles. The van der Waals surface area contributed by atoms with E-state index < -0.39 is 0 Å². The molecule has 2 heterocycles. The number of rotatable bonds is 1. The lowest BCUT2D eigenvalue weighted by atomic mass is 9.84. The van der Waals surface area contributed by atoms with Crippen molar-refractivity contribution in [3.63, 3.8) is 0 Å². The van der Waals surface area contributed by atoms with Crippen molar-refractivity contribution < 1.29 is 4.79 Å². The Morgan fingerprint density at radius 3 is 2.67 bits per heavy atom. The summed E-state index contributed by atoms with van der Waals surface area (Å²) in [6.07, 6.45) is 7.36. The standard InChI is InChI=1S/C14H25N3O/c1-16-8-3-4-11-10-17(9-7-13(11)16)14(18)15-12-5-2-6-12/h11-13H,2-10H2,1H3,(H,15,18). The Kier molecular flexibility index (Phi) is 3.46.